The van der Waals surface area contributed by atoms with Crippen LogP contribution in [0.25, 0.3) is 11.1 Å². The van der Waals surface area contributed by atoms with E-state index >= 15 is 0 Å². The van der Waals surface area contributed by atoms with E-state index in [4.69, 9.17) is 9.47 Å². The van der Waals surface area contributed by atoms with Crippen molar-refractivity contribution in [1.29, 1.82) is 0 Å². The van der Waals surface area contributed by atoms with Crippen molar-refractivity contribution in [1.82, 2.24) is 10.6 Å². The maximum absolute atomic E-state index is 13.5. The lowest BCUT2D eigenvalue weighted by Crippen LogP contribution is -2.59. The quantitative estimate of drug-likeness (QED) is 0.313. The highest BCUT2D eigenvalue weighted by molar-refractivity contribution is 5.86. The topological polar surface area (TPSA) is 114 Å². The lowest BCUT2D eigenvalue weighted by molar-refractivity contribution is -0.141. The van der Waals surface area contributed by atoms with E-state index in [0.29, 0.717) is 18.8 Å². The second kappa shape index (κ2) is 12.0. The molecule has 0 aromatic heterocycles. The van der Waals surface area contributed by atoms with Gasteiger partial charge in [0.05, 0.1) is 18.6 Å². The zero-order valence-electron chi connectivity index (χ0n) is 23.6. The maximum atomic E-state index is 13.5. The van der Waals surface area contributed by atoms with Crippen LogP contribution in [-0.2, 0) is 25.7 Å². The number of carbonyl (C=O) groups excluding carboxylic acids is 2. The molecular formula is C34H36N2O6. The normalized spacial score (nSPS) is 23.5. The summed E-state index contributed by atoms with van der Waals surface area (Å²) in [5.74, 6) is -1.12. The molecule has 2 fully saturated rings. The van der Waals surface area contributed by atoms with E-state index in [0.717, 1.165) is 34.2 Å². The zero-order chi connectivity index (χ0) is 29.2. The minimum atomic E-state index is -0.986. The van der Waals surface area contributed by atoms with E-state index in [2.05, 4.69) is 34.9 Å². The van der Waals surface area contributed by atoms with E-state index < -0.39 is 24.2 Å². The van der Waals surface area contributed by atoms with Crippen LogP contribution in [-0.4, -0.2) is 47.9 Å². The number of rotatable bonds is 10. The summed E-state index contributed by atoms with van der Waals surface area (Å²) in [6.45, 7) is 2.18. The number of carboxylic acids is 1. The first-order valence-corrected chi connectivity index (χ1v) is 14.7. The smallest absolute Gasteiger partial charge is 0.407 e. The molecule has 3 aromatic rings. The van der Waals surface area contributed by atoms with Gasteiger partial charge in [-0.05, 0) is 65.8 Å². The highest BCUT2D eigenvalue weighted by Gasteiger charge is 2.50. The van der Waals surface area contributed by atoms with Crippen molar-refractivity contribution >= 4 is 18.0 Å². The average Bonchev–Trinajstić information content (AvgIpc) is 3.51. The molecule has 0 heterocycles. The third-order valence-corrected chi connectivity index (χ3v) is 9.22. The Morgan fingerprint density at radius 2 is 1.52 bits per heavy atom. The summed E-state index contributed by atoms with van der Waals surface area (Å²) in [5, 5.41) is 15.3. The molecule has 0 saturated heterocycles. The third kappa shape index (κ3) is 5.63. The van der Waals surface area contributed by atoms with Crippen molar-refractivity contribution in [2.75, 3.05) is 6.61 Å². The molecule has 42 heavy (non-hydrogen) atoms. The summed E-state index contributed by atoms with van der Waals surface area (Å²) in [6, 6.07) is 24.8. The maximum Gasteiger partial charge on any atom is 0.407 e. The fourth-order valence-corrected chi connectivity index (χ4v) is 6.93. The minimum absolute atomic E-state index is 0.0985. The molecular weight excluding hydrogens is 532 g/mol. The first-order valence-electron chi connectivity index (χ1n) is 14.7. The van der Waals surface area contributed by atoms with E-state index in [1.54, 1.807) is 6.92 Å². The molecule has 1 unspecified atom stereocenters. The van der Waals surface area contributed by atoms with Gasteiger partial charge >= 0.3 is 12.1 Å². The lowest BCUT2D eigenvalue weighted by Gasteiger charge is -2.41. The monoisotopic (exact) mass is 568 g/mol. The predicted octanol–water partition coefficient (Wildman–Crippen LogP) is 5.11. The van der Waals surface area contributed by atoms with E-state index in [1.165, 1.54) is 0 Å². The third-order valence-electron chi connectivity index (χ3n) is 9.22. The number of amides is 2. The Morgan fingerprint density at radius 3 is 2.19 bits per heavy atom. The number of alkyl carbamates (subject to hydrolysis) is 1. The van der Waals surface area contributed by atoms with Gasteiger partial charge in [0.15, 0.2) is 0 Å². The van der Waals surface area contributed by atoms with Crippen LogP contribution in [0.1, 0.15) is 48.8 Å². The Balaban J connectivity index is 1.12. The summed E-state index contributed by atoms with van der Waals surface area (Å²) in [6.07, 6.45) is 0.638. The molecule has 2 amide bonds. The zero-order valence-corrected chi connectivity index (χ0v) is 23.6. The van der Waals surface area contributed by atoms with Crippen LogP contribution in [0.2, 0.25) is 0 Å². The van der Waals surface area contributed by atoms with Crippen LogP contribution < -0.4 is 10.6 Å². The fourth-order valence-electron chi connectivity index (χ4n) is 6.93. The number of carbonyl (C=O) groups is 3. The molecule has 0 radical (unpaired) electrons. The van der Waals surface area contributed by atoms with Crippen molar-refractivity contribution in [3.8, 4) is 11.1 Å². The molecule has 3 aromatic carbocycles. The summed E-state index contributed by atoms with van der Waals surface area (Å²) in [4.78, 5) is 38.2. The van der Waals surface area contributed by atoms with Gasteiger partial charge < -0.3 is 25.2 Å². The largest absolute Gasteiger partial charge is 0.481 e. The first-order chi connectivity index (χ1) is 20.4. The number of aliphatic carboxylic acids is 1. The molecule has 8 nitrogen and oxygen atoms in total. The molecule has 3 N–H and O–H groups in total. The molecule has 0 spiro atoms. The van der Waals surface area contributed by atoms with Gasteiger partial charge in [-0.2, -0.15) is 0 Å². The minimum Gasteiger partial charge on any atom is -0.481 e. The van der Waals surface area contributed by atoms with Crippen LogP contribution in [0.4, 0.5) is 4.79 Å². The average molecular weight is 569 g/mol. The predicted molar refractivity (Wildman–Crippen MR) is 157 cm³/mol. The Kier molecular flexibility index (Phi) is 7.98. The fraction of sp³-hybridized carbons (Fsp3) is 0.382. The summed E-state index contributed by atoms with van der Waals surface area (Å²) in [7, 11) is 0. The Morgan fingerprint density at radius 1 is 0.881 bits per heavy atom. The second-order valence-electron chi connectivity index (χ2n) is 11.7. The Hall–Kier alpha value is -4.17. The summed E-state index contributed by atoms with van der Waals surface area (Å²) in [5.41, 5.74) is 5.45. The molecule has 6 atom stereocenters. The number of ether oxygens (including phenoxy) is 2. The van der Waals surface area contributed by atoms with Crippen molar-refractivity contribution in [3.05, 3.63) is 95.6 Å². The lowest BCUT2D eigenvalue weighted by atomic mass is 9.71. The van der Waals surface area contributed by atoms with Gasteiger partial charge in [-0.3, -0.25) is 9.59 Å². The Bertz CT molecular complexity index is 1410. The molecule has 218 valence electrons. The van der Waals surface area contributed by atoms with Crippen LogP contribution in [0.15, 0.2) is 78.9 Å². The molecule has 2 saturated carbocycles. The Labute approximate surface area is 245 Å². The second-order valence-corrected chi connectivity index (χ2v) is 11.7. The number of hydrogen-bond acceptors (Lipinski definition) is 5. The summed E-state index contributed by atoms with van der Waals surface area (Å²) >= 11 is 0. The molecule has 3 aliphatic rings. The van der Waals surface area contributed by atoms with Gasteiger partial charge in [0, 0.05) is 12.0 Å². The van der Waals surface area contributed by atoms with Crippen LogP contribution >= 0.6 is 0 Å². The van der Waals surface area contributed by atoms with Crippen molar-refractivity contribution < 1.29 is 29.0 Å². The number of carboxylic acid groups (broad SMARTS) is 1. The van der Waals surface area contributed by atoms with Crippen LogP contribution in [0.3, 0.4) is 0 Å². The van der Waals surface area contributed by atoms with Gasteiger partial charge in [-0.15, -0.1) is 0 Å². The van der Waals surface area contributed by atoms with E-state index in [-0.39, 0.29) is 42.9 Å². The standard InChI is InChI=1S/C34H36N2O6/c1-20(41-18-21-9-3-2-4-10-21)31(32(37)35-30-17-22-15-23(33(38)39)16-28(22)30)36-34(40)42-19-29-26-13-7-5-11-24(26)25-12-6-8-14-27(25)29/h2-14,20,22-23,28-31H,15-19H2,1H3,(H,35,37)(H,36,40)(H,38,39)/t20-,22+,23?,28+,30-,31+/m0/s1. The SMILES string of the molecule is C[C@H](OCc1ccccc1)[C@@H](NC(=O)OCC1c2ccccc2-c2ccccc21)C(=O)N[C@H]1C[C@H]2CC(C(=O)O)C[C@H]21. The highest BCUT2D eigenvalue weighted by atomic mass is 16.5. The molecule has 6 rings (SSSR count). The molecule has 3 aliphatic carbocycles. The van der Waals surface area contributed by atoms with Crippen LogP contribution in [0, 0.1) is 17.8 Å². The van der Waals surface area contributed by atoms with Gasteiger partial charge in [0.1, 0.15) is 12.6 Å². The van der Waals surface area contributed by atoms with Gasteiger partial charge in [-0.25, -0.2) is 4.79 Å². The number of benzene rings is 3. The molecule has 0 bridgehead atoms. The van der Waals surface area contributed by atoms with Crippen molar-refractivity contribution in [2.45, 2.75) is 56.9 Å². The van der Waals surface area contributed by atoms with Gasteiger partial charge in [0.2, 0.25) is 5.91 Å². The van der Waals surface area contributed by atoms with E-state index in [1.807, 2.05) is 54.6 Å². The van der Waals surface area contributed by atoms with Crippen molar-refractivity contribution in [2.24, 2.45) is 17.8 Å². The van der Waals surface area contributed by atoms with Crippen molar-refractivity contribution in [3.63, 3.8) is 0 Å². The highest BCUT2D eigenvalue weighted by Crippen LogP contribution is 2.50. The van der Waals surface area contributed by atoms with Gasteiger partial charge in [-0.1, -0.05) is 78.9 Å². The number of hydrogen-bond donors (Lipinski definition) is 3. The van der Waals surface area contributed by atoms with Gasteiger partial charge in [0.25, 0.3) is 0 Å². The molecule has 8 heteroatoms. The number of fused-ring (bicyclic) bond motifs is 4. The molecule has 0 aliphatic heterocycles. The number of nitrogens with one attached hydrogen (secondary N) is 2. The summed E-state index contributed by atoms with van der Waals surface area (Å²) < 4.78 is 11.8. The van der Waals surface area contributed by atoms with Crippen LogP contribution in [0.5, 0.6) is 0 Å². The first kappa shape index (κ1) is 28.0. The van der Waals surface area contributed by atoms with E-state index in [9.17, 15) is 19.5 Å².